The lowest BCUT2D eigenvalue weighted by Crippen LogP contribution is -2.57. The number of carbonyl (C=O) groups is 5. The van der Waals surface area contributed by atoms with Crippen LogP contribution in [-0.4, -0.2) is 165 Å². The number of amides is 5. The van der Waals surface area contributed by atoms with E-state index in [1.54, 1.807) is 29.2 Å². The number of aryl methyl sites for hydroxylation is 1. The quantitative estimate of drug-likeness (QED) is 0.0483. The molecule has 24 heteroatoms. The van der Waals surface area contributed by atoms with Crippen molar-refractivity contribution in [2.45, 2.75) is 130 Å². The summed E-state index contributed by atoms with van der Waals surface area (Å²) in [7, 11) is 1.98. The number of aromatic nitrogens is 3. The molecule has 3 fully saturated rings. The minimum Gasteiger partial charge on any atom is -0.391 e. The Morgan fingerprint density at radius 3 is 2.15 bits per heavy atom. The summed E-state index contributed by atoms with van der Waals surface area (Å²) in [5.41, 5.74) is 3.92. The summed E-state index contributed by atoms with van der Waals surface area (Å²) < 4.78 is 72.4. The maximum Gasteiger partial charge on any atom is 0.417 e. The fourth-order valence-electron chi connectivity index (χ4n) is 11.7. The zero-order chi connectivity index (χ0) is 62.5. The van der Waals surface area contributed by atoms with E-state index in [0.29, 0.717) is 95.4 Å². The number of β-amino-alcohol motifs (C(OH)–C–C–N with tert-alkyl or cyclic N) is 1. The van der Waals surface area contributed by atoms with Gasteiger partial charge in [-0.25, -0.2) is 23.7 Å². The van der Waals surface area contributed by atoms with Crippen molar-refractivity contribution in [1.82, 2.24) is 45.2 Å². The average molecular weight is 1230 g/mol. The standard InChI is InChI=1S/C63H77F5N12O6S/c1-38-33-79(34-39(2)75(38)7)52-29-50(65)48(28-51(52)73-58(84)47-17-16-45(64)26-49(47)63(66,67)68)43-18-20-78(21-19-43)61-70-31-42(32-71-61)35-76-22-24-77(25-23-76)55(83)11-9-8-10-54(82)74-57(62(4,5)6)60(86)80-36-46(81)27-53(80)59(85)69-30-41-12-14-44(15-13-41)56-40(3)72-37-87-56/h12-18,26,28-29,31-32,37-39,46,53,57,81H,8-11,19-25,27,30,33-36H2,1-7H3,(H,69,85)(H,73,84)(H,74,82)/t38-,39+,46-,53+,57-/m1/s1. The SMILES string of the molecule is Cc1ncsc1-c1ccc(CNC(=O)[C@@H]2C[C@@H](O)CN2C(=O)[C@@H](NC(=O)CCCCC(=O)N2CCN(Cc3cnc(N4CC=C(c5cc(NC(=O)c6ccc(F)cc6C(F)(F)F)c(N6C[C@@H](C)N(C)[C@@H](C)C6)cc5F)CC4)nc3)CC2)C(C)(C)C)cc1. The van der Waals surface area contributed by atoms with Crippen LogP contribution in [0.2, 0.25) is 0 Å². The fourth-order valence-corrected chi connectivity index (χ4v) is 12.6. The number of alkyl halides is 3. The van der Waals surface area contributed by atoms with Gasteiger partial charge in [-0.05, 0) is 99.5 Å². The van der Waals surface area contributed by atoms with Crippen LogP contribution in [0.25, 0.3) is 16.0 Å². The van der Waals surface area contributed by atoms with Gasteiger partial charge in [0, 0.05) is 127 Å². The molecule has 5 aromatic rings. The average Bonchev–Trinajstić information content (AvgIpc) is 1.56. The maximum absolute atomic E-state index is 16.3. The molecule has 0 aliphatic carbocycles. The summed E-state index contributed by atoms with van der Waals surface area (Å²) in [5.74, 6) is -3.50. The predicted octanol–water partition coefficient (Wildman–Crippen LogP) is 8.29. The fraction of sp³-hybridized carbons (Fsp3) is 0.492. The van der Waals surface area contributed by atoms with Crippen molar-refractivity contribution in [2.24, 2.45) is 5.41 Å². The van der Waals surface area contributed by atoms with Gasteiger partial charge in [0.05, 0.1) is 44.7 Å². The van der Waals surface area contributed by atoms with Gasteiger partial charge >= 0.3 is 6.18 Å². The zero-order valence-corrected chi connectivity index (χ0v) is 51.0. The van der Waals surface area contributed by atoms with Crippen LogP contribution in [0.15, 0.2) is 78.6 Å². The number of unbranched alkanes of at least 4 members (excludes halogenated alkanes) is 1. The maximum atomic E-state index is 16.3. The molecule has 6 heterocycles. The van der Waals surface area contributed by atoms with E-state index in [9.17, 15) is 46.6 Å². The van der Waals surface area contributed by atoms with Crippen molar-refractivity contribution in [1.29, 1.82) is 0 Å². The van der Waals surface area contributed by atoms with Gasteiger partial charge < -0.3 is 40.7 Å². The van der Waals surface area contributed by atoms with Crippen LogP contribution < -0.4 is 25.8 Å². The topological polar surface area (TPSA) is 200 Å². The first-order valence-corrected chi connectivity index (χ1v) is 30.5. The number of aliphatic hydroxyl groups is 1. The van der Waals surface area contributed by atoms with Crippen molar-refractivity contribution in [3.8, 4) is 10.4 Å². The summed E-state index contributed by atoms with van der Waals surface area (Å²) in [6, 6.07) is 10.7. The predicted molar refractivity (Wildman–Crippen MR) is 323 cm³/mol. The first kappa shape index (κ1) is 64.1. The zero-order valence-electron chi connectivity index (χ0n) is 50.2. The first-order chi connectivity index (χ1) is 41.3. The summed E-state index contributed by atoms with van der Waals surface area (Å²) >= 11 is 1.56. The number of rotatable bonds is 18. The van der Waals surface area contributed by atoms with Crippen molar-refractivity contribution < 1.29 is 51.0 Å². The van der Waals surface area contributed by atoms with Crippen molar-refractivity contribution >= 4 is 63.8 Å². The van der Waals surface area contributed by atoms with Crippen LogP contribution in [0.3, 0.4) is 0 Å². The van der Waals surface area contributed by atoms with E-state index in [1.165, 1.54) is 17.0 Å². The smallest absolute Gasteiger partial charge is 0.391 e. The molecule has 5 amide bonds. The lowest BCUT2D eigenvalue weighted by Gasteiger charge is -2.44. The Kier molecular flexibility index (Phi) is 20.1. The van der Waals surface area contributed by atoms with Gasteiger partial charge in [0.1, 0.15) is 23.7 Å². The van der Waals surface area contributed by atoms with Crippen molar-refractivity contribution in [3.05, 3.63) is 124 Å². The molecule has 466 valence electrons. The molecular weight excluding hydrogens is 1150 g/mol. The largest absolute Gasteiger partial charge is 0.417 e. The van der Waals surface area contributed by atoms with Gasteiger partial charge in [0.25, 0.3) is 5.91 Å². The Labute approximate surface area is 508 Å². The normalized spacial score (nSPS) is 20.1. The highest BCUT2D eigenvalue weighted by Gasteiger charge is 2.45. The van der Waals surface area contributed by atoms with Gasteiger partial charge in [0.15, 0.2) is 0 Å². The molecule has 4 aliphatic rings. The lowest BCUT2D eigenvalue weighted by atomic mass is 9.85. The molecule has 9 rings (SSSR count). The Morgan fingerprint density at radius 2 is 1.52 bits per heavy atom. The molecule has 4 N–H and O–H groups in total. The number of aliphatic hydroxyl groups excluding tert-OH is 1. The summed E-state index contributed by atoms with van der Waals surface area (Å²) in [5, 5.41) is 19.1. The number of likely N-dealkylation sites (tertiary alicyclic amines) is 1. The van der Waals surface area contributed by atoms with E-state index >= 15 is 4.39 Å². The number of anilines is 3. The molecule has 4 aliphatic heterocycles. The van der Waals surface area contributed by atoms with Crippen molar-refractivity contribution in [3.63, 3.8) is 0 Å². The van der Waals surface area contributed by atoms with Crippen molar-refractivity contribution in [2.75, 3.05) is 81.1 Å². The number of benzene rings is 3. The Morgan fingerprint density at radius 1 is 0.828 bits per heavy atom. The molecule has 0 spiro atoms. The molecular formula is C63H77F5N12O6S. The van der Waals surface area contributed by atoms with Crippen LogP contribution in [-0.2, 0) is 38.4 Å². The number of nitrogens with one attached hydrogen (secondary N) is 3. The molecule has 5 atom stereocenters. The second-order valence-corrected chi connectivity index (χ2v) is 25.2. The molecule has 0 unspecified atom stereocenters. The lowest BCUT2D eigenvalue weighted by molar-refractivity contribution is -0.144. The summed E-state index contributed by atoms with van der Waals surface area (Å²) in [6.45, 7) is 16.3. The van der Waals surface area contributed by atoms with Gasteiger partial charge in [-0.2, -0.15) is 13.2 Å². The molecule has 0 saturated carbocycles. The Hall–Kier alpha value is -7.41. The molecule has 3 aromatic carbocycles. The summed E-state index contributed by atoms with van der Waals surface area (Å²) in [6.07, 6.45) is 1.17. The van der Waals surface area contributed by atoms with Crippen LogP contribution in [0.5, 0.6) is 0 Å². The second-order valence-electron chi connectivity index (χ2n) is 24.4. The minimum absolute atomic E-state index is 0.00377. The number of nitrogens with zero attached hydrogens (tertiary/aromatic N) is 9. The number of thiazole rings is 1. The Balaban J connectivity index is 0.720. The van der Waals surface area contributed by atoms with E-state index in [2.05, 4.69) is 40.7 Å². The molecule has 0 radical (unpaired) electrons. The molecule has 3 saturated heterocycles. The highest BCUT2D eigenvalue weighted by atomic mass is 32.1. The number of halogens is 5. The Bertz CT molecular complexity index is 3320. The monoisotopic (exact) mass is 1220 g/mol. The first-order valence-electron chi connectivity index (χ1n) is 29.6. The molecule has 18 nitrogen and oxygen atoms in total. The number of hydrogen-bond donors (Lipinski definition) is 4. The third-order valence-corrected chi connectivity index (χ3v) is 18.0. The van der Waals surface area contributed by atoms with E-state index in [0.717, 1.165) is 39.4 Å². The van der Waals surface area contributed by atoms with Crippen LogP contribution >= 0.6 is 11.3 Å². The minimum atomic E-state index is -5.00. The van der Waals surface area contributed by atoms with Gasteiger partial charge in [-0.15, -0.1) is 11.3 Å². The molecule has 0 bridgehead atoms. The molecule has 87 heavy (non-hydrogen) atoms. The third-order valence-electron chi connectivity index (χ3n) is 17.0. The molecule has 2 aromatic heterocycles. The summed E-state index contributed by atoms with van der Waals surface area (Å²) in [4.78, 5) is 94.1. The van der Waals surface area contributed by atoms with E-state index in [-0.39, 0.29) is 79.5 Å². The van der Waals surface area contributed by atoms with E-state index in [4.69, 9.17) is 0 Å². The van der Waals surface area contributed by atoms with E-state index in [1.807, 2.05) is 93.6 Å². The van der Waals surface area contributed by atoms with Crippen LogP contribution in [0.4, 0.5) is 39.3 Å². The number of hydrogen-bond acceptors (Lipinski definition) is 14. The van der Waals surface area contributed by atoms with Crippen LogP contribution in [0.1, 0.15) is 111 Å². The number of carbonyl (C=O) groups excluding carboxylic acids is 5. The van der Waals surface area contributed by atoms with Gasteiger partial charge in [-0.1, -0.05) is 51.1 Å². The van der Waals surface area contributed by atoms with Gasteiger partial charge in [-0.3, -0.25) is 33.8 Å². The number of piperazine rings is 2. The van der Waals surface area contributed by atoms with E-state index < -0.39 is 64.4 Å². The highest BCUT2D eigenvalue weighted by Crippen LogP contribution is 2.39. The van der Waals surface area contributed by atoms with Gasteiger partial charge in [0.2, 0.25) is 29.6 Å². The van der Waals surface area contributed by atoms with Crippen LogP contribution in [0, 0.1) is 24.0 Å². The third kappa shape index (κ3) is 15.7. The highest BCUT2D eigenvalue weighted by molar-refractivity contribution is 7.13. The second kappa shape index (κ2) is 27.3. The number of likely N-dealkylation sites (N-methyl/N-ethyl adjacent to an activating group) is 1.